The van der Waals surface area contributed by atoms with Crippen molar-refractivity contribution in [3.63, 3.8) is 0 Å². The molecule has 2 aliphatic heterocycles. The van der Waals surface area contributed by atoms with Gasteiger partial charge in [0.05, 0.1) is 12.5 Å². The average Bonchev–Trinajstić information content (AvgIpc) is 2.88. The molecule has 4 heterocycles. The maximum atomic E-state index is 12.4. The third-order valence-electron chi connectivity index (χ3n) is 4.25. The molecule has 0 saturated carbocycles. The number of amides is 2. The molecule has 0 aliphatic carbocycles. The van der Waals surface area contributed by atoms with Gasteiger partial charge in [-0.25, -0.2) is 14.6 Å². The molecule has 0 spiro atoms. The highest BCUT2D eigenvalue weighted by atomic mass is 16.2. The lowest BCUT2D eigenvalue weighted by Gasteiger charge is -2.41. The van der Waals surface area contributed by atoms with E-state index in [-0.39, 0.29) is 24.3 Å². The van der Waals surface area contributed by atoms with Crippen molar-refractivity contribution in [2.45, 2.75) is 0 Å². The average molecular weight is 316 g/mol. The maximum Gasteiger partial charge on any atom is 0.239 e. The SMILES string of the molecule is Cn1nnc2c(N3CC(C(=O)N4CCNC(=O)C4)C3)ncnc21. The number of anilines is 1. The number of aromatic nitrogens is 5. The molecule has 0 radical (unpaired) electrons. The first-order valence-electron chi connectivity index (χ1n) is 7.44. The molecule has 1 N–H and O–H groups in total. The second kappa shape index (κ2) is 5.14. The normalized spacial score (nSPS) is 18.9. The van der Waals surface area contributed by atoms with Gasteiger partial charge in [0.25, 0.3) is 0 Å². The summed E-state index contributed by atoms with van der Waals surface area (Å²) in [6.07, 6.45) is 1.48. The van der Waals surface area contributed by atoms with E-state index in [9.17, 15) is 9.59 Å². The first kappa shape index (κ1) is 13.9. The van der Waals surface area contributed by atoms with Gasteiger partial charge in [-0.1, -0.05) is 5.21 Å². The number of nitrogens with zero attached hydrogens (tertiary/aromatic N) is 7. The molecule has 0 bridgehead atoms. The van der Waals surface area contributed by atoms with E-state index in [4.69, 9.17) is 0 Å². The summed E-state index contributed by atoms with van der Waals surface area (Å²) in [5.74, 6) is 0.518. The lowest BCUT2D eigenvalue weighted by Crippen LogP contribution is -2.58. The van der Waals surface area contributed by atoms with Crippen LogP contribution < -0.4 is 10.2 Å². The number of hydrogen-bond acceptors (Lipinski definition) is 7. The van der Waals surface area contributed by atoms with Crippen molar-refractivity contribution in [1.82, 2.24) is 35.2 Å². The zero-order valence-corrected chi connectivity index (χ0v) is 12.6. The monoisotopic (exact) mass is 316 g/mol. The Morgan fingerprint density at radius 2 is 2.17 bits per heavy atom. The van der Waals surface area contributed by atoms with Crippen LogP contribution in [0, 0.1) is 5.92 Å². The molecule has 0 unspecified atom stereocenters. The molecule has 4 rings (SSSR count). The van der Waals surface area contributed by atoms with Gasteiger partial charge in [-0.2, -0.15) is 0 Å². The number of hydrogen-bond donors (Lipinski definition) is 1. The summed E-state index contributed by atoms with van der Waals surface area (Å²) in [4.78, 5) is 35.9. The van der Waals surface area contributed by atoms with Crippen molar-refractivity contribution >= 4 is 28.8 Å². The zero-order chi connectivity index (χ0) is 16.0. The fourth-order valence-corrected chi connectivity index (χ4v) is 2.96. The number of piperazine rings is 1. The number of aryl methyl sites for hydroxylation is 1. The molecule has 0 atom stereocenters. The Labute approximate surface area is 131 Å². The number of carbonyl (C=O) groups is 2. The lowest BCUT2D eigenvalue weighted by atomic mass is 9.98. The van der Waals surface area contributed by atoms with Crippen molar-refractivity contribution < 1.29 is 9.59 Å². The quantitative estimate of drug-likeness (QED) is 0.693. The van der Waals surface area contributed by atoms with Crippen molar-refractivity contribution in [1.29, 1.82) is 0 Å². The molecule has 23 heavy (non-hydrogen) atoms. The van der Waals surface area contributed by atoms with E-state index in [1.807, 2.05) is 4.90 Å². The van der Waals surface area contributed by atoms with E-state index >= 15 is 0 Å². The molecule has 2 aromatic rings. The van der Waals surface area contributed by atoms with Crippen LogP contribution in [-0.2, 0) is 16.6 Å². The molecule has 2 saturated heterocycles. The van der Waals surface area contributed by atoms with Crippen molar-refractivity contribution in [2.24, 2.45) is 13.0 Å². The Bertz CT molecular complexity index is 781. The van der Waals surface area contributed by atoms with Gasteiger partial charge >= 0.3 is 0 Å². The second-order valence-electron chi connectivity index (χ2n) is 5.79. The Morgan fingerprint density at radius 3 is 2.96 bits per heavy atom. The van der Waals surface area contributed by atoms with Crippen LogP contribution in [0.2, 0.25) is 0 Å². The minimum absolute atomic E-state index is 0.0283. The van der Waals surface area contributed by atoms with E-state index in [0.29, 0.717) is 43.2 Å². The molecular formula is C13H16N8O2. The first-order valence-corrected chi connectivity index (χ1v) is 7.44. The predicted octanol–water partition coefficient (Wildman–Crippen LogP) is -1.85. The van der Waals surface area contributed by atoms with E-state index in [1.54, 1.807) is 16.6 Å². The smallest absolute Gasteiger partial charge is 0.239 e. The van der Waals surface area contributed by atoms with Gasteiger partial charge < -0.3 is 15.1 Å². The van der Waals surface area contributed by atoms with Gasteiger partial charge in [0, 0.05) is 33.2 Å². The summed E-state index contributed by atoms with van der Waals surface area (Å²) in [6, 6.07) is 0. The highest BCUT2D eigenvalue weighted by molar-refractivity contribution is 5.89. The van der Waals surface area contributed by atoms with Crippen LogP contribution in [0.5, 0.6) is 0 Å². The number of carbonyl (C=O) groups excluding carboxylic acids is 2. The zero-order valence-electron chi connectivity index (χ0n) is 12.6. The van der Waals surface area contributed by atoms with Gasteiger partial charge in [0.1, 0.15) is 6.33 Å². The Morgan fingerprint density at radius 1 is 1.35 bits per heavy atom. The Hall–Kier alpha value is -2.78. The number of fused-ring (bicyclic) bond motifs is 1. The van der Waals surface area contributed by atoms with Crippen molar-refractivity contribution in [2.75, 3.05) is 37.6 Å². The van der Waals surface area contributed by atoms with Crippen LogP contribution in [0.3, 0.4) is 0 Å². The molecule has 2 amide bonds. The molecule has 2 fully saturated rings. The molecule has 2 aliphatic rings. The second-order valence-corrected chi connectivity index (χ2v) is 5.79. The van der Waals surface area contributed by atoms with E-state index in [1.165, 1.54) is 6.33 Å². The van der Waals surface area contributed by atoms with Crippen LogP contribution in [0.1, 0.15) is 0 Å². The Balaban J connectivity index is 1.46. The fraction of sp³-hybridized carbons (Fsp3) is 0.538. The standard InChI is InChI=1S/C13H16N8O2/c1-19-11-10(17-18-19)12(16-7-15-11)21-4-8(5-21)13(23)20-3-2-14-9(22)6-20/h7-8H,2-6H2,1H3,(H,14,22). The van der Waals surface area contributed by atoms with Gasteiger partial charge in [0.15, 0.2) is 17.0 Å². The summed E-state index contributed by atoms with van der Waals surface area (Å²) in [5.41, 5.74) is 1.30. The van der Waals surface area contributed by atoms with Gasteiger partial charge in [-0.15, -0.1) is 5.10 Å². The van der Waals surface area contributed by atoms with Gasteiger partial charge in [0.2, 0.25) is 11.8 Å². The molecule has 120 valence electrons. The van der Waals surface area contributed by atoms with Gasteiger partial charge in [-0.3, -0.25) is 9.59 Å². The van der Waals surface area contributed by atoms with Crippen molar-refractivity contribution in [3.8, 4) is 0 Å². The van der Waals surface area contributed by atoms with Crippen LogP contribution in [0.15, 0.2) is 6.33 Å². The highest BCUT2D eigenvalue weighted by Gasteiger charge is 2.38. The predicted molar refractivity (Wildman–Crippen MR) is 79.4 cm³/mol. The minimum atomic E-state index is -0.109. The summed E-state index contributed by atoms with van der Waals surface area (Å²) in [5, 5.41) is 10.8. The van der Waals surface area contributed by atoms with Crippen LogP contribution >= 0.6 is 0 Å². The first-order chi connectivity index (χ1) is 11.1. The third kappa shape index (κ3) is 2.26. The molecule has 2 aromatic heterocycles. The molecule has 0 aromatic carbocycles. The summed E-state index contributed by atoms with van der Waals surface area (Å²) < 4.78 is 1.59. The topological polar surface area (TPSA) is 109 Å². The summed E-state index contributed by atoms with van der Waals surface area (Å²) >= 11 is 0. The Kier molecular flexibility index (Phi) is 3.10. The third-order valence-corrected chi connectivity index (χ3v) is 4.25. The van der Waals surface area contributed by atoms with E-state index in [2.05, 4.69) is 25.6 Å². The fourth-order valence-electron chi connectivity index (χ4n) is 2.96. The lowest BCUT2D eigenvalue weighted by molar-refractivity contribution is -0.142. The molecule has 10 heteroatoms. The van der Waals surface area contributed by atoms with E-state index in [0.717, 1.165) is 0 Å². The van der Waals surface area contributed by atoms with Gasteiger partial charge in [-0.05, 0) is 0 Å². The summed E-state index contributed by atoms with van der Waals surface area (Å²) in [6.45, 7) is 2.38. The maximum absolute atomic E-state index is 12.4. The summed E-state index contributed by atoms with van der Waals surface area (Å²) in [7, 11) is 1.77. The highest BCUT2D eigenvalue weighted by Crippen LogP contribution is 2.28. The minimum Gasteiger partial charge on any atom is -0.353 e. The van der Waals surface area contributed by atoms with Crippen LogP contribution in [-0.4, -0.2) is 74.4 Å². The van der Waals surface area contributed by atoms with Crippen molar-refractivity contribution in [3.05, 3.63) is 6.33 Å². The van der Waals surface area contributed by atoms with Crippen LogP contribution in [0.4, 0.5) is 5.82 Å². The van der Waals surface area contributed by atoms with Crippen LogP contribution in [0.25, 0.3) is 11.2 Å². The van der Waals surface area contributed by atoms with E-state index < -0.39 is 0 Å². The number of nitrogens with one attached hydrogen (secondary N) is 1. The number of rotatable bonds is 2. The molecular weight excluding hydrogens is 300 g/mol. The molecule has 10 nitrogen and oxygen atoms in total. The largest absolute Gasteiger partial charge is 0.353 e.